The number of benzene rings is 1. The third-order valence-corrected chi connectivity index (χ3v) is 3.47. The van der Waals surface area contributed by atoms with Crippen LogP contribution in [-0.4, -0.2) is 12.2 Å². The second-order valence-corrected chi connectivity index (χ2v) is 5.18. The fourth-order valence-corrected chi connectivity index (χ4v) is 2.51. The smallest absolute Gasteiger partial charge is 0.123 e. The number of anilines is 1. The van der Waals surface area contributed by atoms with Crippen LogP contribution in [0.3, 0.4) is 0 Å². The van der Waals surface area contributed by atoms with Crippen molar-refractivity contribution in [1.29, 1.82) is 0 Å². The van der Waals surface area contributed by atoms with Crippen molar-refractivity contribution < 1.29 is 9.52 Å². The molecule has 0 radical (unpaired) electrons. The van der Waals surface area contributed by atoms with E-state index in [-0.39, 0.29) is 0 Å². The molecule has 2 rings (SSSR count). The van der Waals surface area contributed by atoms with Crippen LogP contribution in [0.4, 0.5) is 5.69 Å². The van der Waals surface area contributed by atoms with Crippen molar-refractivity contribution in [2.75, 3.05) is 11.9 Å². The van der Waals surface area contributed by atoms with Crippen LogP contribution < -0.4 is 4.90 Å². The van der Waals surface area contributed by atoms with Gasteiger partial charge in [-0.2, -0.15) is 0 Å². The minimum absolute atomic E-state index is 0.453. The number of hydrogen-bond donors (Lipinski definition) is 1. The van der Waals surface area contributed by atoms with Crippen molar-refractivity contribution in [3.8, 4) is 0 Å². The Hall–Kier alpha value is -1.26. The maximum Gasteiger partial charge on any atom is 0.123 e. The fraction of sp³-hybridized carbons (Fsp3) is 0.286. The number of nitrogens with zero attached hydrogens (tertiary/aromatic N) is 1. The molecule has 0 aliphatic heterocycles. The summed E-state index contributed by atoms with van der Waals surface area (Å²) in [5, 5.41) is 9.54. The van der Waals surface area contributed by atoms with Crippen molar-refractivity contribution in [1.82, 2.24) is 0 Å². The van der Waals surface area contributed by atoms with E-state index in [1.54, 1.807) is 13.2 Å². The van der Waals surface area contributed by atoms with Crippen LogP contribution in [-0.2, 0) is 6.54 Å². The Balaban J connectivity index is 2.17. The van der Waals surface area contributed by atoms with Gasteiger partial charge in [-0.15, -0.1) is 0 Å². The van der Waals surface area contributed by atoms with Gasteiger partial charge in [0.2, 0.25) is 0 Å². The van der Waals surface area contributed by atoms with E-state index in [1.165, 1.54) is 0 Å². The van der Waals surface area contributed by atoms with Gasteiger partial charge in [-0.3, -0.25) is 0 Å². The van der Waals surface area contributed by atoms with Gasteiger partial charge in [0.15, 0.2) is 0 Å². The highest BCUT2D eigenvalue weighted by atomic mass is 79.9. The quantitative estimate of drug-likeness (QED) is 0.935. The Morgan fingerprint density at radius 2 is 2.17 bits per heavy atom. The lowest BCUT2D eigenvalue weighted by molar-refractivity contribution is 0.199. The average molecular weight is 310 g/mol. The molecule has 3 nitrogen and oxygen atoms in total. The first-order valence-corrected chi connectivity index (χ1v) is 6.58. The summed E-state index contributed by atoms with van der Waals surface area (Å²) in [6.45, 7) is 2.47. The average Bonchev–Trinajstić information content (AvgIpc) is 2.81. The molecule has 0 saturated heterocycles. The fourth-order valence-electron chi connectivity index (χ4n) is 1.81. The van der Waals surface area contributed by atoms with E-state index in [0.717, 1.165) is 21.5 Å². The van der Waals surface area contributed by atoms with Gasteiger partial charge in [-0.05, 0) is 52.7 Å². The Morgan fingerprint density at radius 1 is 1.39 bits per heavy atom. The van der Waals surface area contributed by atoms with Gasteiger partial charge in [0.25, 0.3) is 0 Å². The van der Waals surface area contributed by atoms with Gasteiger partial charge >= 0.3 is 0 Å². The Kier molecular flexibility index (Phi) is 4.09. The molecule has 4 heteroatoms. The zero-order valence-corrected chi connectivity index (χ0v) is 12.0. The highest BCUT2D eigenvalue weighted by Crippen LogP contribution is 2.29. The summed E-state index contributed by atoms with van der Waals surface area (Å²) in [6, 6.07) is 9.71. The summed E-state index contributed by atoms with van der Waals surface area (Å²) in [5.74, 6) is 0.920. The van der Waals surface area contributed by atoms with E-state index in [2.05, 4.69) is 20.8 Å². The molecular weight excluding hydrogens is 294 g/mol. The van der Waals surface area contributed by atoms with E-state index in [1.807, 2.05) is 37.4 Å². The SMILES string of the molecule is CC(O)c1ccc(N(C)Cc2ccco2)c(Br)c1. The van der Waals surface area contributed by atoms with Gasteiger partial charge in [-0.1, -0.05) is 6.07 Å². The molecule has 0 aliphatic carbocycles. The van der Waals surface area contributed by atoms with E-state index >= 15 is 0 Å². The molecule has 1 aromatic carbocycles. The number of aliphatic hydroxyl groups excluding tert-OH is 1. The number of hydrogen-bond acceptors (Lipinski definition) is 3. The molecule has 1 unspecified atom stereocenters. The predicted octanol–water partition coefficient (Wildman–Crippen LogP) is 3.73. The van der Waals surface area contributed by atoms with Gasteiger partial charge in [-0.25, -0.2) is 0 Å². The van der Waals surface area contributed by atoms with Gasteiger partial charge in [0.1, 0.15) is 5.76 Å². The lowest BCUT2D eigenvalue weighted by Gasteiger charge is -2.20. The first kappa shape index (κ1) is 13.2. The van der Waals surface area contributed by atoms with Crippen LogP contribution >= 0.6 is 15.9 Å². The minimum Gasteiger partial charge on any atom is -0.467 e. The maximum absolute atomic E-state index is 9.54. The van der Waals surface area contributed by atoms with Gasteiger partial charge in [0.05, 0.1) is 24.6 Å². The number of furan rings is 1. The van der Waals surface area contributed by atoms with Crippen LogP contribution in [0.5, 0.6) is 0 Å². The molecular formula is C14H16BrNO2. The maximum atomic E-state index is 9.54. The molecule has 0 aliphatic rings. The standard InChI is InChI=1S/C14H16BrNO2/c1-10(17)11-5-6-14(13(15)8-11)16(2)9-12-4-3-7-18-12/h3-8,10,17H,9H2,1-2H3. The van der Waals surface area contributed by atoms with E-state index < -0.39 is 6.10 Å². The third-order valence-electron chi connectivity index (χ3n) is 2.84. The monoisotopic (exact) mass is 309 g/mol. The van der Waals surface area contributed by atoms with Crippen LogP contribution in [0.2, 0.25) is 0 Å². The molecule has 1 aromatic heterocycles. The van der Waals surface area contributed by atoms with Crippen molar-refractivity contribution in [3.05, 3.63) is 52.4 Å². The minimum atomic E-state index is -0.453. The van der Waals surface area contributed by atoms with Crippen LogP contribution in [0.1, 0.15) is 24.4 Å². The summed E-state index contributed by atoms with van der Waals surface area (Å²) >= 11 is 3.54. The molecule has 1 atom stereocenters. The highest BCUT2D eigenvalue weighted by Gasteiger charge is 2.10. The van der Waals surface area contributed by atoms with Gasteiger partial charge < -0.3 is 14.4 Å². The number of aliphatic hydroxyl groups is 1. The van der Waals surface area contributed by atoms with Crippen molar-refractivity contribution in [2.24, 2.45) is 0 Å². The highest BCUT2D eigenvalue weighted by molar-refractivity contribution is 9.10. The first-order chi connectivity index (χ1) is 8.58. The third kappa shape index (κ3) is 2.94. The molecule has 0 spiro atoms. The molecule has 18 heavy (non-hydrogen) atoms. The van der Waals surface area contributed by atoms with Gasteiger partial charge in [0, 0.05) is 11.5 Å². The van der Waals surface area contributed by atoms with E-state index in [9.17, 15) is 5.11 Å². The lowest BCUT2D eigenvalue weighted by Crippen LogP contribution is -2.16. The number of rotatable bonds is 4. The van der Waals surface area contributed by atoms with Crippen LogP contribution in [0, 0.1) is 0 Å². The Bertz CT molecular complexity index is 509. The summed E-state index contributed by atoms with van der Waals surface area (Å²) < 4.78 is 6.30. The summed E-state index contributed by atoms with van der Waals surface area (Å²) in [6.07, 6.45) is 1.22. The molecule has 96 valence electrons. The Morgan fingerprint density at radius 3 is 2.72 bits per heavy atom. The van der Waals surface area contributed by atoms with Crippen molar-refractivity contribution in [3.63, 3.8) is 0 Å². The molecule has 0 bridgehead atoms. The summed E-state index contributed by atoms with van der Waals surface area (Å²) in [4.78, 5) is 2.09. The van der Waals surface area contributed by atoms with Crippen LogP contribution in [0.25, 0.3) is 0 Å². The molecule has 0 fully saturated rings. The van der Waals surface area contributed by atoms with E-state index in [4.69, 9.17) is 4.42 Å². The largest absolute Gasteiger partial charge is 0.467 e. The topological polar surface area (TPSA) is 36.6 Å². The molecule has 2 aromatic rings. The van der Waals surface area contributed by atoms with Crippen molar-refractivity contribution >= 4 is 21.6 Å². The predicted molar refractivity (Wildman–Crippen MR) is 75.6 cm³/mol. The zero-order valence-electron chi connectivity index (χ0n) is 10.4. The van der Waals surface area contributed by atoms with Crippen LogP contribution in [0.15, 0.2) is 45.5 Å². The first-order valence-electron chi connectivity index (χ1n) is 5.79. The second-order valence-electron chi connectivity index (χ2n) is 4.32. The lowest BCUT2D eigenvalue weighted by atomic mass is 10.1. The van der Waals surface area contributed by atoms with E-state index in [0.29, 0.717) is 6.54 Å². The Labute approximate surface area is 115 Å². The molecule has 1 N–H and O–H groups in total. The summed E-state index contributed by atoms with van der Waals surface area (Å²) in [5.41, 5.74) is 1.97. The second kappa shape index (κ2) is 5.59. The summed E-state index contributed by atoms with van der Waals surface area (Å²) in [7, 11) is 2.00. The zero-order chi connectivity index (χ0) is 13.1. The molecule has 0 saturated carbocycles. The normalized spacial score (nSPS) is 12.4. The molecule has 0 amide bonds. The molecule has 1 heterocycles. The van der Waals surface area contributed by atoms with Crippen molar-refractivity contribution in [2.45, 2.75) is 19.6 Å². The number of halogens is 1.